The molecular weight excluding hydrogens is 250 g/mol. The van der Waals surface area contributed by atoms with E-state index < -0.39 is 11.8 Å². The van der Waals surface area contributed by atoms with Crippen molar-refractivity contribution >= 4 is 23.3 Å². The van der Waals surface area contributed by atoms with Gasteiger partial charge in [0.1, 0.15) is 5.75 Å². The lowest BCUT2D eigenvalue weighted by atomic mass is 10.1. The van der Waals surface area contributed by atoms with Crippen LogP contribution in [0.2, 0.25) is 0 Å². The Morgan fingerprint density at radius 2 is 1.95 bits per heavy atom. The van der Waals surface area contributed by atoms with Gasteiger partial charge in [0.15, 0.2) is 0 Å². The van der Waals surface area contributed by atoms with Crippen molar-refractivity contribution in [2.24, 2.45) is 0 Å². The van der Waals surface area contributed by atoms with Gasteiger partial charge in [-0.25, -0.2) is 4.79 Å². The zero-order valence-electron chi connectivity index (χ0n) is 11.0. The summed E-state index contributed by atoms with van der Waals surface area (Å²) in [5.41, 5.74) is 0.198. The smallest absolute Gasteiger partial charge is 0.379 e. The summed E-state index contributed by atoms with van der Waals surface area (Å²) in [6.07, 6.45) is 0. The van der Waals surface area contributed by atoms with Gasteiger partial charge in [-0.2, -0.15) is 0 Å². The summed E-state index contributed by atoms with van der Waals surface area (Å²) in [7, 11) is 1.40. The molecular formula is C13H15NO5. The summed E-state index contributed by atoms with van der Waals surface area (Å²) in [5, 5.41) is 2.48. The molecule has 0 bridgehead atoms. The number of hydrogen-bond donors (Lipinski definition) is 1. The maximum Gasteiger partial charge on any atom is 0.379 e. The van der Waals surface area contributed by atoms with Crippen molar-refractivity contribution in [3.8, 4) is 5.75 Å². The number of rotatable bonds is 5. The first-order chi connectivity index (χ1) is 9.01. The van der Waals surface area contributed by atoms with Crippen LogP contribution in [0.4, 0.5) is 5.69 Å². The number of benzene rings is 1. The topological polar surface area (TPSA) is 81.7 Å². The van der Waals surface area contributed by atoms with Gasteiger partial charge in [-0.05, 0) is 19.1 Å². The third kappa shape index (κ3) is 3.54. The fraction of sp³-hybridized carbons (Fsp3) is 0.308. The highest BCUT2D eigenvalue weighted by Gasteiger charge is 2.23. The number of ketones is 1. The number of esters is 1. The monoisotopic (exact) mass is 265 g/mol. The third-order valence-corrected chi connectivity index (χ3v) is 2.25. The quantitative estimate of drug-likeness (QED) is 0.494. The van der Waals surface area contributed by atoms with E-state index in [0.717, 1.165) is 0 Å². The SMILES string of the molecule is CCOC(=O)C(=O)c1cccc(OC)c1NC(C)=O. The Labute approximate surface area is 110 Å². The molecule has 0 aliphatic heterocycles. The molecule has 0 aromatic heterocycles. The standard InChI is InChI=1S/C13H15NO5/c1-4-19-13(17)12(16)9-6-5-7-10(18-3)11(9)14-8(2)15/h5-7H,4H2,1-3H3,(H,14,15). The number of methoxy groups -OCH3 is 1. The molecule has 0 spiro atoms. The minimum absolute atomic E-state index is 0.0352. The van der Waals surface area contributed by atoms with Crippen molar-refractivity contribution < 1.29 is 23.9 Å². The second-order valence-electron chi connectivity index (χ2n) is 3.61. The number of Topliss-reactive ketones (excluding diaryl/α,β-unsaturated/α-hetero) is 1. The molecule has 1 aromatic carbocycles. The summed E-state index contributed by atoms with van der Waals surface area (Å²) >= 11 is 0. The lowest BCUT2D eigenvalue weighted by molar-refractivity contribution is -0.137. The molecule has 0 radical (unpaired) electrons. The predicted molar refractivity (Wildman–Crippen MR) is 68.3 cm³/mol. The van der Waals surface area contributed by atoms with E-state index in [1.807, 2.05) is 0 Å². The van der Waals surface area contributed by atoms with Crippen LogP contribution >= 0.6 is 0 Å². The summed E-state index contributed by atoms with van der Waals surface area (Å²) in [4.78, 5) is 34.5. The molecule has 1 amide bonds. The van der Waals surface area contributed by atoms with E-state index in [1.165, 1.54) is 20.1 Å². The molecule has 0 saturated heterocycles. The average molecular weight is 265 g/mol. The van der Waals surface area contributed by atoms with Crippen molar-refractivity contribution in [1.82, 2.24) is 0 Å². The maximum absolute atomic E-state index is 11.9. The molecule has 1 rings (SSSR count). The highest BCUT2D eigenvalue weighted by Crippen LogP contribution is 2.28. The Balaban J connectivity index is 3.22. The van der Waals surface area contributed by atoms with Gasteiger partial charge in [-0.1, -0.05) is 6.07 Å². The summed E-state index contributed by atoms with van der Waals surface area (Å²) in [6, 6.07) is 4.55. The Bertz CT molecular complexity index is 510. The number of amides is 1. The minimum Gasteiger partial charge on any atom is -0.495 e. The predicted octanol–water partition coefficient (Wildman–Crippen LogP) is 1.40. The fourth-order valence-corrected chi connectivity index (χ4v) is 1.50. The highest BCUT2D eigenvalue weighted by atomic mass is 16.5. The zero-order chi connectivity index (χ0) is 14.4. The van der Waals surface area contributed by atoms with Crippen molar-refractivity contribution in [1.29, 1.82) is 0 Å². The van der Waals surface area contributed by atoms with E-state index in [2.05, 4.69) is 10.1 Å². The molecule has 0 heterocycles. The molecule has 0 unspecified atom stereocenters. The van der Waals surface area contributed by atoms with Gasteiger partial charge in [0.05, 0.1) is 25.0 Å². The van der Waals surface area contributed by atoms with Crippen LogP contribution in [0.1, 0.15) is 24.2 Å². The van der Waals surface area contributed by atoms with Gasteiger partial charge in [0, 0.05) is 6.92 Å². The largest absolute Gasteiger partial charge is 0.495 e. The molecule has 0 atom stereocenters. The number of para-hydroxylation sites is 1. The maximum atomic E-state index is 11.9. The molecule has 0 aliphatic rings. The number of ether oxygens (including phenoxy) is 2. The van der Waals surface area contributed by atoms with Crippen LogP contribution in [0.25, 0.3) is 0 Å². The Hall–Kier alpha value is -2.37. The van der Waals surface area contributed by atoms with Gasteiger partial charge < -0.3 is 14.8 Å². The first kappa shape index (κ1) is 14.7. The van der Waals surface area contributed by atoms with Crippen molar-refractivity contribution in [3.05, 3.63) is 23.8 Å². The van der Waals surface area contributed by atoms with Gasteiger partial charge in [-0.15, -0.1) is 0 Å². The lowest BCUT2D eigenvalue weighted by Crippen LogP contribution is -2.20. The summed E-state index contributed by atoms with van der Waals surface area (Å²) in [6.45, 7) is 3.00. The molecule has 1 aromatic rings. The molecule has 0 fully saturated rings. The Morgan fingerprint density at radius 3 is 2.47 bits per heavy atom. The molecule has 6 heteroatoms. The van der Waals surface area contributed by atoms with Crippen LogP contribution in [-0.2, 0) is 14.3 Å². The van der Waals surface area contributed by atoms with E-state index in [0.29, 0.717) is 5.75 Å². The Kier molecular flexibility index (Phi) is 5.05. The fourth-order valence-electron chi connectivity index (χ4n) is 1.50. The highest BCUT2D eigenvalue weighted by molar-refractivity contribution is 6.42. The average Bonchev–Trinajstić information content (AvgIpc) is 2.37. The Morgan fingerprint density at radius 1 is 1.26 bits per heavy atom. The van der Waals surface area contributed by atoms with Crippen LogP contribution in [0, 0.1) is 0 Å². The van der Waals surface area contributed by atoms with E-state index in [1.54, 1.807) is 19.1 Å². The van der Waals surface area contributed by atoms with Crippen LogP contribution in [-0.4, -0.2) is 31.4 Å². The van der Waals surface area contributed by atoms with Gasteiger partial charge in [-0.3, -0.25) is 9.59 Å². The molecule has 19 heavy (non-hydrogen) atoms. The van der Waals surface area contributed by atoms with E-state index >= 15 is 0 Å². The first-order valence-corrected chi connectivity index (χ1v) is 5.67. The third-order valence-electron chi connectivity index (χ3n) is 2.25. The normalized spacial score (nSPS) is 9.63. The van der Waals surface area contributed by atoms with Crippen molar-refractivity contribution in [3.63, 3.8) is 0 Å². The molecule has 6 nitrogen and oxygen atoms in total. The summed E-state index contributed by atoms with van der Waals surface area (Å²) < 4.78 is 9.71. The second kappa shape index (κ2) is 6.53. The van der Waals surface area contributed by atoms with Crippen LogP contribution in [0.3, 0.4) is 0 Å². The summed E-state index contributed by atoms with van der Waals surface area (Å²) in [5.74, 6) is -1.88. The minimum atomic E-state index is -0.970. The van der Waals surface area contributed by atoms with Crippen molar-refractivity contribution in [2.75, 3.05) is 19.0 Å². The number of anilines is 1. The van der Waals surface area contributed by atoms with Crippen LogP contribution in [0.5, 0.6) is 5.75 Å². The van der Waals surface area contributed by atoms with Gasteiger partial charge in [0.25, 0.3) is 5.78 Å². The van der Waals surface area contributed by atoms with E-state index in [4.69, 9.17) is 4.74 Å². The second-order valence-corrected chi connectivity index (χ2v) is 3.61. The van der Waals surface area contributed by atoms with E-state index in [9.17, 15) is 14.4 Å². The molecule has 102 valence electrons. The van der Waals surface area contributed by atoms with Crippen molar-refractivity contribution in [2.45, 2.75) is 13.8 Å². The first-order valence-electron chi connectivity index (χ1n) is 5.67. The number of nitrogens with one attached hydrogen (secondary N) is 1. The molecule has 0 saturated carbocycles. The molecule has 1 N–H and O–H groups in total. The molecule has 0 aliphatic carbocycles. The van der Waals surface area contributed by atoms with Gasteiger partial charge >= 0.3 is 5.97 Å². The lowest BCUT2D eigenvalue weighted by Gasteiger charge is -2.12. The number of hydrogen-bond acceptors (Lipinski definition) is 5. The van der Waals surface area contributed by atoms with Crippen LogP contribution < -0.4 is 10.1 Å². The van der Waals surface area contributed by atoms with Crippen LogP contribution in [0.15, 0.2) is 18.2 Å². The van der Waals surface area contributed by atoms with E-state index in [-0.39, 0.29) is 23.8 Å². The number of carbonyl (C=O) groups excluding carboxylic acids is 3. The number of carbonyl (C=O) groups is 3. The van der Waals surface area contributed by atoms with Gasteiger partial charge in [0.2, 0.25) is 5.91 Å². The zero-order valence-corrected chi connectivity index (χ0v) is 11.0.